The van der Waals surface area contributed by atoms with E-state index in [1.54, 1.807) is 25.1 Å². The number of hydrogen-bond acceptors (Lipinski definition) is 2. The molecule has 26 heavy (non-hydrogen) atoms. The number of fused-ring (bicyclic) bond motifs is 1. The number of rotatable bonds is 3. The maximum Gasteiger partial charge on any atom is 0.134 e. The average molecular weight is 356 g/mol. The molecule has 0 aromatic heterocycles. The summed E-state index contributed by atoms with van der Waals surface area (Å²) in [4.78, 5) is 6.61. The standard InChI is InChI=1S/C22H26F2N2/c1-6-26-21-11-20(24)16(10-18(21)15(3)12-22(26,4)5)13-25-17-7-8-19(23)14(2)9-17/h7-11,13,15H,6,12H2,1-5H3. The Kier molecular flexibility index (Phi) is 4.87. The van der Waals surface area contributed by atoms with Crippen LogP contribution in [0.1, 0.15) is 56.7 Å². The zero-order valence-corrected chi connectivity index (χ0v) is 16.1. The van der Waals surface area contributed by atoms with Crippen molar-refractivity contribution in [2.45, 2.75) is 52.5 Å². The van der Waals surface area contributed by atoms with Crippen LogP contribution in [0.2, 0.25) is 0 Å². The smallest absolute Gasteiger partial charge is 0.134 e. The average Bonchev–Trinajstić information content (AvgIpc) is 2.56. The van der Waals surface area contributed by atoms with Crippen LogP contribution in [-0.2, 0) is 0 Å². The Balaban J connectivity index is 1.99. The third kappa shape index (κ3) is 3.37. The minimum absolute atomic E-state index is 0.00878. The number of hydrogen-bond donors (Lipinski definition) is 0. The minimum atomic E-state index is -0.283. The molecule has 0 saturated carbocycles. The fraction of sp³-hybridized carbons (Fsp3) is 0.409. The number of anilines is 1. The summed E-state index contributed by atoms with van der Waals surface area (Å²) >= 11 is 0. The molecule has 0 saturated heterocycles. The van der Waals surface area contributed by atoms with Gasteiger partial charge in [-0.25, -0.2) is 8.78 Å². The zero-order chi connectivity index (χ0) is 19.1. The van der Waals surface area contributed by atoms with E-state index in [0.29, 0.717) is 22.7 Å². The molecule has 0 spiro atoms. The Morgan fingerprint density at radius 3 is 2.58 bits per heavy atom. The molecule has 0 radical (unpaired) electrons. The van der Waals surface area contributed by atoms with Crippen LogP contribution >= 0.6 is 0 Å². The molecule has 1 atom stereocenters. The second-order valence-corrected chi connectivity index (χ2v) is 7.79. The molecule has 2 nitrogen and oxygen atoms in total. The lowest BCUT2D eigenvalue weighted by Crippen LogP contribution is -2.48. The molecular weight excluding hydrogens is 330 g/mol. The van der Waals surface area contributed by atoms with Gasteiger partial charge in [0.15, 0.2) is 0 Å². The predicted molar refractivity (Wildman–Crippen MR) is 105 cm³/mol. The number of aliphatic imine (C=N–C) groups is 1. The van der Waals surface area contributed by atoms with Crippen molar-refractivity contribution in [3.05, 3.63) is 58.7 Å². The molecule has 0 aliphatic carbocycles. The molecule has 3 rings (SSSR count). The van der Waals surface area contributed by atoms with E-state index in [4.69, 9.17) is 0 Å². The largest absolute Gasteiger partial charge is 0.366 e. The third-order valence-corrected chi connectivity index (χ3v) is 5.31. The molecule has 4 heteroatoms. The second-order valence-electron chi connectivity index (χ2n) is 7.79. The molecule has 0 fully saturated rings. The van der Waals surface area contributed by atoms with Crippen LogP contribution in [-0.4, -0.2) is 18.3 Å². The summed E-state index contributed by atoms with van der Waals surface area (Å²) in [5.41, 5.74) is 3.75. The van der Waals surface area contributed by atoms with Gasteiger partial charge in [-0.3, -0.25) is 4.99 Å². The maximum absolute atomic E-state index is 14.7. The van der Waals surface area contributed by atoms with Crippen LogP contribution in [0, 0.1) is 18.6 Å². The molecule has 0 amide bonds. The summed E-state index contributed by atoms with van der Waals surface area (Å²) in [5.74, 6) is -0.196. The van der Waals surface area contributed by atoms with Gasteiger partial charge in [0.1, 0.15) is 11.6 Å². The monoisotopic (exact) mass is 356 g/mol. The van der Waals surface area contributed by atoms with Crippen LogP contribution in [0.3, 0.4) is 0 Å². The molecule has 0 N–H and O–H groups in total. The normalized spacial score (nSPS) is 19.0. The molecule has 1 heterocycles. The maximum atomic E-state index is 14.7. The van der Waals surface area contributed by atoms with Crippen molar-refractivity contribution in [3.63, 3.8) is 0 Å². The number of aryl methyl sites for hydroxylation is 1. The first kappa shape index (κ1) is 18.6. The van der Waals surface area contributed by atoms with Gasteiger partial charge in [0, 0.05) is 29.5 Å². The molecule has 2 aromatic rings. The quantitative estimate of drug-likeness (QED) is 0.604. The van der Waals surface area contributed by atoms with Gasteiger partial charge in [-0.1, -0.05) is 6.92 Å². The van der Waals surface area contributed by atoms with Gasteiger partial charge in [0.25, 0.3) is 0 Å². The molecule has 2 aromatic carbocycles. The Hall–Kier alpha value is -2.23. The summed E-state index contributed by atoms with van der Waals surface area (Å²) < 4.78 is 28.1. The molecule has 1 aliphatic heterocycles. The van der Waals surface area contributed by atoms with Crippen molar-refractivity contribution < 1.29 is 8.78 Å². The van der Waals surface area contributed by atoms with Gasteiger partial charge in [0.05, 0.1) is 5.69 Å². The van der Waals surface area contributed by atoms with E-state index in [0.717, 1.165) is 24.2 Å². The highest BCUT2D eigenvalue weighted by atomic mass is 19.1. The lowest BCUT2D eigenvalue weighted by Gasteiger charge is -2.47. The SMILES string of the molecule is CCN1c2cc(F)c(C=Nc3ccc(F)c(C)c3)cc2C(C)CC1(C)C. The van der Waals surface area contributed by atoms with Gasteiger partial charge in [0.2, 0.25) is 0 Å². The number of benzene rings is 2. The number of nitrogens with zero attached hydrogens (tertiary/aromatic N) is 2. The van der Waals surface area contributed by atoms with Gasteiger partial charge in [-0.05, 0) is 81.5 Å². The first-order valence-corrected chi connectivity index (χ1v) is 9.14. The summed E-state index contributed by atoms with van der Waals surface area (Å²) in [6.07, 6.45) is 2.55. The predicted octanol–water partition coefficient (Wildman–Crippen LogP) is 6.14. The van der Waals surface area contributed by atoms with E-state index >= 15 is 0 Å². The minimum Gasteiger partial charge on any atom is -0.366 e. The highest BCUT2D eigenvalue weighted by Gasteiger charge is 2.36. The Morgan fingerprint density at radius 1 is 1.19 bits per heavy atom. The summed E-state index contributed by atoms with van der Waals surface area (Å²) in [6.45, 7) is 11.2. The van der Waals surface area contributed by atoms with Crippen molar-refractivity contribution in [1.82, 2.24) is 0 Å². The number of halogens is 2. The van der Waals surface area contributed by atoms with Gasteiger partial charge >= 0.3 is 0 Å². The Bertz CT molecular complexity index is 855. The van der Waals surface area contributed by atoms with E-state index < -0.39 is 0 Å². The van der Waals surface area contributed by atoms with Crippen molar-refractivity contribution >= 4 is 17.6 Å². The van der Waals surface area contributed by atoms with Crippen LogP contribution in [0.25, 0.3) is 0 Å². The topological polar surface area (TPSA) is 15.6 Å². The van der Waals surface area contributed by atoms with E-state index in [1.807, 2.05) is 6.07 Å². The van der Waals surface area contributed by atoms with Crippen molar-refractivity contribution in [1.29, 1.82) is 0 Å². The third-order valence-electron chi connectivity index (χ3n) is 5.31. The first-order valence-electron chi connectivity index (χ1n) is 9.14. The van der Waals surface area contributed by atoms with E-state index in [-0.39, 0.29) is 17.2 Å². The van der Waals surface area contributed by atoms with Crippen LogP contribution in [0.15, 0.2) is 35.3 Å². The van der Waals surface area contributed by atoms with Crippen molar-refractivity contribution in [2.24, 2.45) is 4.99 Å². The Labute approximate surface area is 154 Å². The fourth-order valence-electron chi connectivity index (χ4n) is 4.07. The van der Waals surface area contributed by atoms with Gasteiger partial charge in [-0.2, -0.15) is 0 Å². The highest BCUT2D eigenvalue weighted by molar-refractivity contribution is 5.84. The molecule has 1 aliphatic rings. The van der Waals surface area contributed by atoms with Crippen molar-refractivity contribution in [2.75, 3.05) is 11.4 Å². The first-order chi connectivity index (χ1) is 12.2. The van der Waals surface area contributed by atoms with E-state index in [2.05, 4.69) is 37.6 Å². The van der Waals surface area contributed by atoms with Gasteiger partial charge < -0.3 is 4.90 Å². The summed E-state index contributed by atoms with van der Waals surface area (Å²) in [7, 11) is 0. The van der Waals surface area contributed by atoms with E-state index in [1.165, 1.54) is 12.3 Å². The second kappa shape index (κ2) is 6.82. The molecule has 0 bridgehead atoms. The fourth-order valence-corrected chi connectivity index (χ4v) is 4.07. The molecule has 1 unspecified atom stereocenters. The highest BCUT2D eigenvalue weighted by Crippen LogP contribution is 2.43. The lowest BCUT2D eigenvalue weighted by molar-refractivity contribution is 0.380. The van der Waals surface area contributed by atoms with Crippen molar-refractivity contribution in [3.8, 4) is 0 Å². The Morgan fingerprint density at radius 2 is 1.92 bits per heavy atom. The summed E-state index contributed by atoms with van der Waals surface area (Å²) in [5, 5.41) is 0. The van der Waals surface area contributed by atoms with Gasteiger partial charge in [-0.15, -0.1) is 0 Å². The molecular formula is C22H26F2N2. The lowest BCUT2D eigenvalue weighted by atomic mass is 9.79. The van der Waals surface area contributed by atoms with Crippen LogP contribution in [0.5, 0.6) is 0 Å². The summed E-state index contributed by atoms with van der Waals surface area (Å²) in [6, 6.07) is 8.18. The molecule has 138 valence electrons. The van der Waals surface area contributed by atoms with Crippen LogP contribution < -0.4 is 4.90 Å². The van der Waals surface area contributed by atoms with E-state index in [9.17, 15) is 8.78 Å². The van der Waals surface area contributed by atoms with Crippen LogP contribution in [0.4, 0.5) is 20.2 Å². The zero-order valence-electron chi connectivity index (χ0n) is 16.1.